The second-order valence-electron chi connectivity index (χ2n) is 4.55. The highest BCUT2D eigenvalue weighted by Gasteiger charge is 2.12. The maximum atomic E-state index is 13.5. The molecule has 1 heterocycles. The number of halogens is 2. The van der Waals surface area contributed by atoms with E-state index < -0.39 is 23.4 Å². The molecule has 1 aromatic heterocycles. The lowest BCUT2D eigenvalue weighted by molar-refractivity contribution is 0.252. The van der Waals surface area contributed by atoms with Crippen LogP contribution >= 0.6 is 0 Å². The van der Waals surface area contributed by atoms with Gasteiger partial charge in [0.2, 0.25) is 0 Å². The summed E-state index contributed by atoms with van der Waals surface area (Å²) < 4.78 is 33.3. The number of aromatic nitrogens is 2. The molecular formula is C14H16F2N4O2. The minimum absolute atomic E-state index is 0.00818. The first-order valence-electron chi connectivity index (χ1n) is 6.56. The van der Waals surface area contributed by atoms with Gasteiger partial charge in [0.1, 0.15) is 0 Å². The summed E-state index contributed by atoms with van der Waals surface area (Å²) in [5, 5.41) is 8.97. The Balaban J connectivity index is 1.88. The summed E-state index contributed by atoms with van der Waals surface area (Å²) in [6.07, 6.45) is 2.26. The Morgan fingerprint density at radius 1 is 1.36 bits per heavy atom. The quantitative estimate of drug-likeness (QED) is 0.888. The molecule has 0 radical (unpaired) electrons. The molecule has 0 aliphatic rings. The minimum atomic E-state index is -0.882. The van der Waals surface area contributed by atoms with E-state index in [4.69, 9.17) is 0 Å². The molecule has 1 aromatic carbocycles. The van der Waals surface area contributed by atoms with Gasteiger partial charge in [0.05, 0.1) is 7.11 Å². The van der Waals surface area contributed by atoms with Crippen molar-refractivity contribution in [3.8, 4) is 5.75 Å². The lowest BCUT2D eigenvalue weighted by Gasteiger charge is -2.10. The fourth-order valence-corrected chi connectivity index (χ4v) is 1.95. The Bertz CT molecular complexity index is 650. The molecule has 0 bridgehead atoms. The Morgan fingerprint density at radius 3 is 2.59 bits per heavy atom. The molecule has 0 spiro atoms. The predicted molar refractivity (Wildman–Crippen MR) is 76.8 cm³/mol. The fourth-order valence-electron chi connectivity index (χ4n) is 1.95. The van der Waals surface area contributed by atoms with Crippen molar-refractivity contribution in [2.24, 2.45) is 7.05 Å². The number of ether oxygens (including phenoxy) is 1. The molecule has 0 saturated carbocycles. The van der Waals surface area contributed by atoms with Crippen LogP contribution in [0.2, 0.25) is 0 Å². The first-order chi connectivity index (χ1) is 10.5. The third-order valence-electron chi connectivity index (χ3n) is 3.05. The van der Waals surface area contributed by atoms with Crippen molar-refractivity contribution < 1.29 is 18.3 Å². The van der Waals surface area contributed by atoms with Crippen LogP contribution in [0.1, 0.15) is 5.69 Å². The van der Waals surface area contributed by atoms with Gasteiger partial charge in [-0.05, 0) is 6.07 Å². The summed E-state index contributed by atoms with van der Waals surface area (Å²) in [6.45, 7) is 0.368. The van der Waals surface area contributed by atoms with Gasteiger partial charge in [-0.2, -0.15) is 5.10 Å². The maximum absolute atomic E-state index is 13.5. The van der Waals surface area contributed by atoms with Crippen molar-refractivity contribution in [1.29, 1.82) is 0 Å². The number of hydrogen-bond acceptors (Lipinski definition) is 3. The first-order valence-corrected chi connectivity index (χ1v) is 6.56. The Morgan fingerprint density at radius 2 is 2.05 bits per heavy atom. The predicted octanol–water partition coefficient (Wildman–Crippen LogP) is 2.07. The molecule has 0 unspecified atom stereocenters. The van der Waals surface area contributed by atoms with Gasteiger partial charge in [-0.1, -0.05) is 0 Å². The van der Waals surface area contributed by atoms with Gasteiger partial charge >= 0.3 is 6.03 Å². The van der Waals surface area contributed by atoms with E-state index in [1.807, 2.05) is 6.07 Å². The molecule has 0 saturated heterocycles. The SMILES string of the molecule is COc1c(F)cc(NC(=O)NCCc2ccnn2C)cc1F. The van der Waals surface area contributed by atoms with Crippen molar-refractivity contribution in [3.63, 3.8) is 0 Å². The molecule has 6 nitrogen and oxygen atoms in total. The number of amides is 2. The van der Waals surface area contributed by atoms with E-state index in [2.05, 4.69) is 20.5 Å². The molecule has 118 valence electrons. The van der Waals surface area contributed by atoms with Gasteiger partial charge in [-0.15, -0.1) is 0 Å². The number of methoxy groups -OCH3 is 1. The Labute approximate surface area is 126 Å². The summed E-state index contributed by atoms with van der Waals surface area (Å²) in [7, 11) is 2.97. The molecule has 2 amide bonds. The average molecular weight is 310 g/mol. The van der Waals surface area contributed by atoms with Crippen molar-refractivity contribution in [2.45, 2.75) is 6.42 Å². The van der Waals surface area contributed by atoms with Crippen LogP contribution < -0.4 is 15.4 Å². The second-order valence-corrected chi connectivity index (χ2v) is 4.55. The standard InChI is InChI=1S/C14H16F2N4O2/c1-20-10(4-6-18-20)3-5-17-14(21)19-9-7-11(15)13(22-2)12(16)8-9/h4,6-8H,3,5H2,1-2H3,(H2,17,19,21). The highest BCUT2D eigenvalue weighted by molar-refractivity contribution is 5.89. The highest BCUT2D eigenvalue weighted by Crippen LogP contribution is 2.25. The third kappa shape index (κ3) is 3.72. The molecule has 0 aliphatic carbocycles. The van der Waals surface area contributed by atoms with Gasteiger partial charge in [0.25, 0.3) is 0 Å². The second kappa shape index (κ2) is 6.88. The van der Waals surface area contributed by atoms with Crippen molar-refractivity contribution in [2.75, 3.05) is 19.0 Å². The molecule has 8 heteroatoms. The van der Waals surface area contributed by atoms with Crippen LogP contribution in [0.5, 0.6) is 5.75 Å². The van der Waals surface area contributed by atoms with Crippen molar-refractivity contribution in [1.82, 2.24) is 15.1 Å². The van der Waals surface area contributed by atoms with Crippen LogP contribution in [0.3, 0.4) is 0 Å². The number of nitrogens with zero attached hydrogens (tertiary/aromatic N) is 2. The average Bonchev–Trinajstić information content (AvgIpc) is 2.84. The minimum Gasteiger partial charge on any atom is -0.491 e. The summed E-state index contributed by atoms with van der Waals surface area (Å²) >= 11 is 0. The zero-order chi connectivity index (χ0) is 16.1. The maximum Gasteiger partial charge on any atom is 0.319 e. The number of benzene rings is 1. The number of carbonyl (C=O) groups is 1. The summed E-state index contributed by atoms with van der Waals surface area (Å²) in [5.41, 5.74) is 0.968. The Kier molecular flexibility index (Phi) is 4.92. The molecule has 0 fully saturated rings. The molecular weight excluding hydrogens is 294 g/mol. The third-order valence-corrected chi connectivity index (χ3v) is 3.05. The molecule has 2 aromatic rings. The number of urea groups is 1. The highest BCUT2D eigenvalue weighted by atomic mass is 19.1. The topological polar surface area (TPSA) is 68.2 Å². The van der Waals surface area contributed by atoms with Crippen LogP contribution in [-0.4, -0.2) is 29.5 Å². The number of rotatable bonds is 5. The first kappa shape index (κ1) is 15.7. The normalized spacial score (nSPS) is 10.4. The van der Waals surface area contributed by atoms with Crippen LogP contribution in [0.4, 0.5) is 19.3 Å². The van der Waals surface area contributed by atoms with Gasteiger partial charge in [0, 0.05) is 49.7 Å². The van der Waals surface area contributed by atoms with Crippen molar-refractivity contribution in [3.05, 3.63) is 41.7 Å². The number of nitrogens with one attached hydrogen (secondary N) is 2. The molecule has 2 rings (SSSR count). The van der Waals surface area contributed by atoms with Gasteiger partial charge in [-0.3, -0.25) is 4.68 Å². The summed E-state index contributed by atoms with van der Waals surface area (Å²) in [6, 6.07) is 3.27. The number of hydrogen-bond donors (Lipinski definition) is 2. The van der Waals surface area contributed by atoms with Crippen LogP contribution in [-0.2, 0) is 13.5 Å². The lowest BCUT2D eigenvalue weighted by Crippen LogP contribution is -2.30. The fraction of sp³-hybridized carbons (Fsp3) is 0.286. The van der Waals surface area contributed by atoms with Crippen LogP contribution in [0, 0.1) is 11.6 Å². The van der Waals surface area contributed by atoms with E-state index in [1.165, 1.54) is 7.11 Å². The van der Waals surface area contributed by atoms with Crippen LogP contribution in [0.15, 0.2) is 24.4 Å². The molecule has 22 heavy (non-hydrogen) atoms. The molecule has 2 N–H and O–H groups in total. The molecule has 0 atom stereocenters. The van der Waals surface area contributed by atoms with E-state index in [0.29, 0.717) is 13.0 Å². The lowest BCUT2D eigenvalue weighted by atomic mass is 10.2. The number of carbonyl (C=O) groups excluding carboxylic acids is 1. The van der Waals surface area contributed by atoms with Crippen LogP contribution in [0.25, 0.3) is 0 Å². The van der Waals surface area contributed by atoms with Gasteiger partial charge < -0.3 is 15.4 Å². The van der Waals surface area contributed by atoms with E-state index in [1.54, 1.807) is 17.9 Å². The number of aryl methyl sites for hydroxylation is 1. The van der Waals surface area contributed by atoms with Gasteiger partial charge in [-0.25, -0.2) is 13.6 Å². The largest absolute Gasteiger partial charge is 0.491 e. The monoisotopic (exact) mass is 310 g/mol. The number of anilines is 1. The van der Waals surface area contributed by atoms with Crippen molar-refractivity contribution >= 4 is 11.7 Å². The summed E-state index contributed by atoms with van der Waals surface area (Å²) in [5.74, 6) is -2.25. The Hall–Kier alpha value is -2.64. The zero-order valence-corrected chi connectivity index (χ0v) is 12.2. The van der Waals surface area contributed by atoms with E-state index in [-0.39, 0.29) is 5.69 Å². The molecule has 0 aliphatic heterocycles. The summed E-state index contributed by atoms with van der Waals surface area (Å²) in [4.78, 5) is 11.7. The van der Waals surface area contributed by atoms with E-state index in [9.17, 15) is 13.6 Å². The van der Waals surface area contributed by atoms with E-state index in [0.717, 1.165) is 17.8 Å². The smallest absolute Gasteiger partial charge is 0.319 e. The van der Waals surface area contributed by atoms with Gasteiger partial charge in [0.15, 0.2) is 17.4 Å². The van der Waals surface area contributed by atoms with E-state index >= 15 is 0 Å². The zero-order valence-electron chi connectivity index (χ0n) is 12.2.